The first-order valence-corrected chi connectivity index (χ1v) is 11.6. The summed E-state index contributed by atoms with van der Waals surface area (Å²) in [6.07, 6.45) is -0.843. The van der Waals surface area contributed by atoms with Crippen molar-refractivity contribution in [2.24, 2.45) is 5.92 Å². The first-order chi connectivity index (χ1) is 17.0. The van der Waals surface area contributed by atoms with Crippen LogP contribution in [-0.2, 0) is 31.8 Å². The van der Waals surface area contributed by atoms with Crippen molar-refractivity contribution in [1.29, 1.82) is 0 Å². The normalized spacial score (nSPS) is 19.0. The third kappa shape index (κ3) is 7.65. The van der Waals surface area contributed by atoms with Crippen molar-refractivity contribution < 1.29 is 42.5 Å². The second-order valence-corrected chi connectivity index (χ2v) is 8.80. The van der Waals surface area contributed by atoms with Crippen LogP contribution in [0.2, 0.25) is 0 Å². The van der Waals surface area contributed by atoms with Crippen LogP contribution >= 0.6 is 0 Å². The minimum Gasteiger partial charge on any atom is -0.473 e. The zero-order chi connectivity index (χ0) is 26.3. The van der Waals surface area contributed by atoms with Gasteiger partial charge in [0.2, 0.25) is 11.7 Å². The number of carbonyl (C=O) groups excluding carboxylic acids is 1. The van der Waals surface area contributed by atoms with Gasteiger partial charge in [-0.1, -0.05) is 12.1 Å². The monoisotopic (exact) mass is 514 g/mol. The maximum absolute atomic E-state index is 13.5. The average Bonchev–Trinajstić information content (AvgIpc) is 3.47. The second-order valence-electron chi connectivity index (χ2n) is 8.80. The third-order valence-electron chi connectivity index (χ3n) is 6.16. The molecule has 0 spiro atoms. The number of hydrogen-bond donors (Lipinski definition) is 3. The van der Waals surface area contributed by atoms with E-state index in [1.54, 1.807) is 24.3 Å². The molecule has 3 N–H and O–H groups in total. The molecule has 2 aliphatic rings. The summed E-state index contributed by atoms with van der Waals surface area (Å²) >= 11 is 0. The van der Waals surface area contributed by atoms with Gasteiger partial charge >= 0.3 is 18.1 Å². The molecule has 1 aromatic carbocycles. The van der Waals surface area contributed by atoms with E-state index in [-0.39, 0.29) is 24.5 Å². The molecular formula is C23H29F3N4O6. The zero-order valence-electron chi connectivity index (χ0n) is 19.5. The van der Waals surface area contributed by atoms with E-state index in [4.69, 9.17) is 24.5 Å². The van der Waals surface area contributed by atoms with Crippen molar-refractivity contribution in [3.8, 4) is 0 Å². The maximum Gasteiger partial charge on any atom is 0.449 e. The molecule has 13 heteroatoms. The zero-order valence-corrected chi connectivity index (χ0v) is 19.5. The number of nitrogens with zero attached hydrogens (tertiary/aromatic N) is 3. The number of likely N-dealkylation sites (tertiary alicyclic amines) is 1. The maximum atomic E-state index is 13.5. The summed E-state index contributed by atoms with van der Waals surface area (Å²) in [5, 5.41) is 17.7. The van der Waals surface area contributed by atoms with Crippen LogP contribution < -0.4 is 5.32 Å². The summed E-state index contributed by atoms with van der Waals surface area (Å²) in [5.74, 6) is -4.39. The number of benzene rings is 1. The lowest BCUT2D eigenvalue weighted by molar-refractivity contribution is -0.159. The van der Waals surface area contributed by atoms with Crippen LogP contribution in [0.1, 0.15) is 31.5 Å². The number of carboxylic acid groups (broad SMARTS) is 2. The van der Waals surface area contributed by atoms with Crippen molar-refractivity contribution in [3.05, 3.63) is 30.1 Å². The summed E-state index contributed by atoms with van der Waals surface area (Å²) in [6, 6.07) is 6.73. The number of aromatic nitrogens is 2. The first kappa shape index (κ1) is 27.4. The largest absolute Gasteiger partial charge is 0.473 e. The molecule has 0 saturated carbocycles. The lowest BCUT2D eigenvalue weighted by atomic mass is 9.96. The fourth-order valence-corrected chi connectivity index (χ4v) is 4.35. The van der Waals surface area contributed by atoms with Crippen LogP contribution in [0.4, 0.5) is 13.2 Å². The molecule has 2 saturated heterocycles. The number of amides is 1. The van der Waals surface area contributed by atoms with E-state index in [1.807, 2.05) is 0 Å². The molecule has 2 aromatic rings. The fourth-order valence-electron chi connectivity index (χ4n) is 4.35. The van der Waals surface area contributed by atoms with Crippen LogP contribution in [0.5, 0.6) is 0 Å². The number of fused-ring (bicyclic) bond motifs is 1. The van der Waals surface area contributed by atoms with Gasteiger partial charge in [-0.25, -0.2) is 14.6 Å². The number of ether oxygens (including phenoxy) is 1. The lowest BCUT2D eigenvalue weighted by Crippen LogP contribution is -2.43. The molecule has 0 aliphatic carbocycles. The van der Waals surface area contributed by atoms with Crippen molar-refractivity contribution in [3.63, 3.8) is 0 Å². The number of rotatable bonds is 6. The fraction of sp³-hybridized carbons (Fsp3) is 0.565. The van der Waals surface area contributed by atoms with Gasteiger partial charge in [0.25, 0.3) is 0 Å². The Morgan fingerprint density at radius 1 is 1.08 bits per heavy atom. The number of halogens is 3. The van der Waals surface area contributed by atoms with E-state index in [1.165, 1.54) is 4.57 Å². The number of hydrogen-bond acceptors (Lipinski definition) is 6. The highest BCUT2D eigenvalue weighted by atomic mass is 19.4. The van der Waals surface area contributed by atoms with Crippen molar-refractivity contribution in [1.82, 2.24) is 19.8 Å². The number of piperidine rings is 1. The summed E-state index contributed by atoms with van der Waals surface area (Å²) in [6.45, 7) is 3.31. The molecule has 4 rings (SSSR count). The molecular weight excluding hydrogens is 485 g/mol. The first-order valence-electron chi connectivity index (χ1n) is 11.6. The van der Waals surface area contributed by atoms with Gasteiger partial charge in [0.1, 0.15) is 0 Å². The molecule has 198 valence electrons. The van der Waals surface area contributed by atoms with E-state index in [0.717, 1.165) is 32.3 Å². The summed E-state index contributed by atoms with van der Waals surface area (Å²) in [4.78, 5) is 36.2. The van der Waals surface area contributed by atoms with Crippen molar-refractivity contribution in [2.75, 3.05) is 32.8 Å². The molecule has 0 radical (unpaired) electrons. The quantitative estimate of drug-likeness (QED) is 0.500. The highest BCUT2D eigenvalue weighted by Crippen LogP contribution is 2.33. The molecule has 36 heavy (non-hydrogen) atoms. The summed E-state index contributed by atoms with van der Waals surface area (Å²) in [7, 11) is 0. The highest BCUT2D eigenvalue weighted by molar-refractivity contribution is 6.27. The SMILES string of the molecule is O=C(CN1CCC(Cn2c(C(F)(F)F)nc3ccccc32)CC1)NCC1CCCO1.O=C(O)C(=O)O. The number of para-hydroxylation sites is 2. The Labute approximate surface area is 205 Å². The van der Waals surface area contributed by atoms with E-state index < -0.39 is 23.9 Å². The van der Waals surface area contributed by atoms with Crippen LogP contribution in [0, 0.1) is 5.92 Å². The molecule has 1 atom stereocenters. The number of alkyl halides is 3. The summed E-state index contributed by atoms with van der Waals surface area (Å²) in [5.41, 5.74) is 0.880. The Hall–Kier alpha value is -3.19. The van der Waals surface area contributed by atoms with Gasteiger partial charge in [0.15, 0.2) is 0 Å². The van der Waals surface area contributed by atoms with Crippen molar-refractivity contribution >= 4 is 28.9 Å². The number of imidazole rings is 1. The Morgan fingerprint density at radius 3 is 2.33 bits per heavy atom. The minimum absolute atomic E-state index is 0.0242. The highest BCUT2D eigenvalue weighted by Gasteiger charge is 2.38. The third-order valence-corrected chi connectivity index (χ3v) is 6.16. The van der Waals surface area contributed by atoms with Gasteiger partial charge in [0.05, 0.1) is 23.7 Å². The smallest absolute Gasteiger partial charge is 0.449 e. The molecule has 2 fully saturated rings. The Kier molecular flexibility index (Phi) is 9.26. The number of nitrogens with one attached hydrogen (secondary N) is 1. The minimum atomic E-state index is -4.49. The molecule has 0 bridgehead atoms. The lowest BCUT2D eigenvalue weighted by Gasteiger charge is -2.32. The van der Waals surface area contributed by atoms with Gasteiger partial charge in [0, 0.05) is 19.7 Å². The average molecular weight is 515 g/mol. The Morgan fingerprint density at radius 2 is 1.75 bits per heavy atom. The molecule has 1 amide bonds. The number of carboxylic acids is 2. The topological polar surface area (TPSA) is 134 Å². The standard InChI is InChI=1S/C21H27F3N4O2.C2H2O4/c22-21(23,24)20-26-17-5-1-2-6-18(17)28(20)13-15-7-9-27(10-8-15)14-19(29)25-12-16-4-3-11-30-16;3-1(4)2(5)6/h1-2,5-6,15-16H,3-4,7-14H2,(H,25,29);(H,3,4)(H,5,6). The van der Waals surface area contributed by atoms with Crippen LogP contribution in [0.25, 0.3) is 11.0 Å². The van der Waals surface area contributed by atoms with Crippen LogP contribution in [-0.4, -0.2) is 81.4 Å². The molecule has 1 unspecified atom stereocenters. The van der Waals surface area contributed by atoms with E-state index in [2.05, 4.69) is 15.2 Å². The van der Waals surface area contributed by atoms with Crippen LogP contribution in [0.3, 0.4) is 0 Å². The Bertz CT molecular complexity index is 1050. The summed E-state index contributed by atoms with van der Waals surface area (Å²) < 4.78 is 47.3. The molecule has 3 heterocycles. The number of aliphatic carboxylic acids is 2. The molecule has 1 aromatic heterocycles. The number of carbonyl (C=O) groups is 3. The van der Waals surface area contributed by atoms with Gasteiger partial charge < -0.3 is 24.8 Å². The predicted molar refractivity (Wildman–Crippen MR) is 121 cm³/mol. The molecule has 10 nitrogen and oxygen atoms in total. The van der Waals surface area contributed by atoms with E-state index in [9.17, 15) is 18.0 Å². The van der Waals surface area contributed by atoms with Gasteiger partial charge in [-0.3, -0.25) is 9.69 Å². The van der Waals surface area contributed by atoms with Gasteiger partial charge in [-0.2, -0.15) is 13.2 Å². The van der Waals surface area contributed by atoms with Gasteiger partial charge in [-0.15, -0.1) is 0 Å². The van der Waals surface area contributed by atoms with Crippen molar-refractivity contribution in [2.45, 2.75) is 44.5 Å². The Balaban J connectivity index is 0.000000538. The van der Waals surface area contributed by atoms with E-state index in [0.29, 0.717) is 37.2 Å². The van der Waals surface area contributed by atoms with Crippen LogP contribution in [0.15, 0.2) is 24.3 Å². The second kappa shape index (κ2) is 12.2. The molecule has 2 aliphatic heterocycles. The van der Waals surface area contributed by atoms with E-state index >= 15 is 0 Å². The predicted octanol–water partition coefficient (Wildman–Crippen LogP) is 2.22. The van der Waals surface area contributed by atoms with Gasteiger partial charge in [-0.05, 0) is 56.8 Å².